The summed E-state index contributed by atoms with van der Waals surface area (Å²) in [7, 11) is 0. The monoisotopic (exact) mass is 530 g/mol. The molecule has 4 aromatic rings. The molecule has 0 bridgehead atoms. The fraction of sp³-hybridized carbons (Fsp3) is 0.368. The van der Waals surface area contributed by atoms with Crippen LogP contribution in [0.4, 0.5) is 11.4 Å². The van der Waals surface area contributed by atoms with Gasteiger partial charge in [-0.3, -0.25) is 0 Å². The summed E-state index contributed by atoms with van der Waals surface area (Å²) >= 11 is 0. The number of rotatable bonds is 9. The van der Waals surface area contributed by atoms with Gasteiger partial charge in [0.25, 0.3) is 0 Å². The third-order valence-corrected chi connectivity index (χ3v) is 9.42. The molecule has 208 valence electrons. The van der Waals surface area contributed by atoms with Crippen LogP contribution in [0.5, 0.6) is 0 Å². The quantitative estimate of drug-likeness (QED) is 0.212. The lowest BCUT2D eigenvalue weighted by molar-refractivity contribution is 0.251. The number of nitrogens with two attached hydrogens (primary N) is 2. The molecule has 4 aromatic carbocycles. The molecule has 2 heteroatoms. The van der Waals surface area contributed by atoms with E-state index in [0.29, 0.717) is 0 Å². The number of unbranched alkanes of at least 4 members (excludes halogenated alkanes) is 1. The maximum Gasteiger partial charge on any atom is 0.0343 e. The first-order valence-electron chi connectivity index (χ1n) is 15.2. The van der Waals surface area contributed by atoms with E-state index in [0.717, 1.165) is 41.3 Å². The first-order valence-corrected chi connectivity index (χ1v) is 15.2. The predicted molar refractivity (Wildman–Crippen MR) is 172 cm³/mol. The molecule has 40 heavy (non-hydrogen) atoms. The Morgan fingerprint density at radius 1 is 0.625 bits per heavy atom. The Morgan fingerprint density at radius 2 is 1.05 bits per heavy atom. The van der Waals surface area contributed by atoms with E-state index in [1.165, 1.54) is 78.3 Å². The standard InChI is InChI=1S/C38H46N2/c1-4-5-6-29-19-21-38(22-20-29,34-13-7-30(8-14-34)25-32-11-17-36(39)27(2)23-32)35-15-9-31(10-16-35)26-33-12-18-37(40)28(3)24-33/h7-18,23-24,29H,4-6,19-22,25-26,39-40H2,1-3H3. The maximum atomic E-state index is 6.05. The zero-order chi connectivity index (χ0) is 28.1. The maximum absolute atomic E-state index is 6.05. The highest BCUT2D eigenvalue weighted by Gasteiger charge is 2.38. The van der Waals surface area contributed by atoms with Gasteiger partial charge in [-0.05, 0) is 115 Å². The van der Waals surface area contributed by atoms with E-state index in [2.05, 4.69) is 93.6 Å². The molecule has 4 N–H and O–H groups in total. The summed E-state index contributed by atoms with van der Waals surface area (Å²) in [6, 6.07) is 31.9. The fourth-order valence-corrected chi connectivity index (χ4v) is 6.75. The van der Waals surface area contributed by atoms with Crippen molar-refractivity contribution in [1.29, 1.82) is 0 Å². The predicted octanol–water partition coefficient (Wildman–Crippen LogP) is 9.32. The Morgan fingerprint density at radius 3 is 1.45 bits per heavy atom. The van der Waals surface area contributed by atoms with Gasteiger partial charge in [-0.15, -0.1) is 0 Å². The second-order valence-electron chi connectivity index (χ2n) is 12.3. The molecule has 0 unspecified atom stereocenters. The molecule has 1 aliphatic carbocycles. The number of hydrogen-bond acceptors (Lipinski definition) is 2. The SMILES string of the molecule is CCCCC1CCC(c2ccc(Cc3ccc(N)c(C)c3)cc2)(c2ccc(Cc3ccc(N)c(C)c3)cc2)CC1. The summed E-state index contributed by atoms with van der Waals surface area (Å²) < 4.78 is 0. The summed E-state index contributed by atoms with van der Waals surface area (Å²) in [5, 5.41) is 0. The second kappa shape index (κ2) is 12.3. The largest absolute Gasteiger partial charge is 0.399 e. The van der Waals surface area contributed by atoms with Gasteiger partial charge in [-0.25, -0.2) is 0 Å². The molecule has 0 atom stereocenters. The summed E-state index contributed by atoms with van der Waals surface area (Å²) in [6.45, 7) is 6.49. The van der Waals surface area contributed by atoms with Crippen molar-refractivity contribution >= 4 is 11.4 Å². The first kappa shape index (κ1) is 28.0. The molecule has 0 aliphatic heterocycles. The average molecular weight is 531 g/mol. The Bertz CT molecular complexity index is 1310. The van der Waals surface area contributed by atoms with Crippen LogP contribution in [-0.4, -0.2) is 0 Å². The number of anilines is 2. The van der Waals surface area contributed by atoms with Gasteiger partial charge in [-0.2, -0.15) is 0 Å². The van der Waals surface area contributed by atoms with E-state index in [9.17, 15) is 0 Å². The minimum absolute atomic E-state index is 0.0926. The zero-order valence-corrected chi connectivity index (χ0v) is 24.7. The Hall–Kier alpha value is -3.52. The van der Waals surface area contributed by atoms with E-state index in [4.69, 9.17) is 11.5 Å². The summed E-state index contributed by atoms with van der Waals surface area (Å²) in [5.74, 6) is 0.870. The molecule has 0 spiro atoms. The Labute approximate surface area is 241 Å². The molecule has 5 rings (SSSR count). The van der Waals surface area contributed by atoms with Crippen LogP contribution in [0.3, 0.4) is 0 Å². The minimum Gasteiger partial charge on any atom is -0.399 e. The van der Waals surface area contributed by atoms with Gasteiger partial charge in [0, 0.05) is 16.8 Å². The lowest BCUT2D eigenvalue weighted by Crippen LogP contribution is -2.33. The number of aryl methyl sites for hydroxylation is 2. The van der Waals surface area contributed by atoms with Crippen LogP contribution in [0.15, 0.2) is 84.9 Å². The molecule has 0 amide bonds. The molecule has 0 heterocycles. The topological polar surface area (TPSA) is 52.0 Å². The Balaban J connectivity index is 1.39. The molecular weight excluding hydrogens is 484 g/mol. The lowest BCUT2D eigenvalue weighted by Gasteiger charge is -2.41. The van der Waals surface area contributed by atoms with E-state index >= 15 is 0 Å². The highest BCUT2D eigenvalue weighted by molar-refractivity contribution is 5.50. The molecule has 1 saturated carbocycles. The molecule has 0 saturated heterocycles. The molecule has 2 nitrogen and oxygen atoms in total. The Kier molecular flexibility index (Phi) is 8.64. The lowest BCUT2D eigenvalue weighted by atomic mass is 9.62. The van der Waals surface area contributed by atoms with Crippen LogP contribution < -0.4 is 11.5 Å². The van der Waals surface area contributed by atoms with Crippen molar-refractivity contribution in [3.63, 3.8) is 0 Å². The molecule has 0 radical (unpaired) electrons. The zero-order valence-electron chi connectivity index (χ0n) is 24.7. The van der Waals surface area contributed by atoms with Crippen LogP contribution in [-0.2, 0) is 18.3 Å². The third-order valence-electron chi connectivity index (χ3n) is 9.42. The number of benzene rings is 4. The molecule has 1 fully saturated rings. The van der Waals surface area contributed by atoms with Crippen LogP contribution in [0, 0.1) is 19.8 Å². The third kappa shape index (κ3) is 6.28. The summed E-state index contributed by atoms with van der Waals surface area (Å²) in [5.41, 5.74) is 24.5. The average Bonchev–Trinajstić information content (AvgIpc) is 2.97. The van der Waals surface area contributed by atoms with Gasteiger partial charge in [-0.1, -0.05) is 99.0 Å². The van der Waals surface area contributed by atoms with Gasteiger partial charge in [0.2, 0.25) is 0 Å². The van der Waals surface area contributed by atoms with E-state index in [1.54, 1.807) is 0 Å². The number of nitrogen functional groups attached to an aromatic ring is 2. The van der Waals surface area contributed by atoms with Gasteiger partial charge < -0.3 is 11.5 Å². The van der Waals surface area contributed by atoms with Crippen LogP contribution in [0.25, 0.3) is 0 Å². The van der Waals surface area contributed by atoms with Gasteiger partial charge >= 0.3 is 0 Å². The van der Waals surface area contributed by atoms with Crippen molar-refractivity contribution in [2.45, 2.75) is 84.0 Å². The normalized spacial score (nSPS) is 15.3. The van der Waals surface area contributed by atoms with Crippen molar-refractivity contribution < 1.29 is 0 Å². The van der Waals surface area contributed by atoms with E-state index in [-0.39, 0.29) is 5.41 Å². The fourth-order valence-electron chi connectivity index (χ4n) is 6.75. The summed E-state index contributed by atoms with van der Waals surface area (Å²) in [4.78, 5) is 0. The van der Waals surface area contributed by atoms with Gasteiger partial charge in [0.15, 0.2) is 0 Å². The van der Waals surface area contributed by atoms with Crippen LogP contribution in [0.2, 0.25) is 0 Å². The van der Waals surface area contributed by atoms with E-state index in [1.807, 2.05) is 12.1 Å². The van der Waals surface area contributed by atoms with Crippen LogP contribution in [0.1, 0.15) is 96.4 Å². The molecule has 1 aliphatic rings. The van der Waals surface area contributed by atoms with E-state index < -0.39 is 0 Å². The van der Waals surface area contributed by atoms with Crippen molar-refractivity contribution in [3.8, 4) is 0 Å². The van der Waals surface area contributed by atoms with Crippen LogP contribution >= 0.6 is 0 Å². The summed E-state index contributed by atoms with van der Waals surface area (Å²) in [6.07, 6.45) is 11.0. The van der Waals surface area contributed by atoms with Gasteiger partial charge in [0.05, 0.1) is 0 Å². The first-order chi connectivity index (χ1) is 19.4. The van der Waals surface area contributed by atoms with Gasteiger partial charge in [0.1, 0.15) is 0 Å². The highest BCUT2D eigenvalue weighted by atomic mass is 14.6. The second-order valence-corrected chi connectivity index (χ2v) is 12.3. The highest BCUT2D eigenvalue weighted by Crippen LogP contribution is 2.47. The van der Waals surface area contributed by atoms with Crippen molar-refractivity contribution in [2.24, 2.45) is 5.92 Å². The van der Waals surface area contributed by atoms with Crippen molar-refractivity contribution in [1.82, 2.24) is 0 Å². The minimum atomic E-state index is 0.0926. The molecule has 0 aromatic heterocycles. The number of hydrogen-bond donors (Lipinski definition) is 2. The van der Waals surface area contributed by atoms with Crippen molar-refractivity contribution in [2.75, 3.05) is 11.5 Å². The van der Waals surface area contributed by atoms with Crippen molar-refractivity contribution in [3.05, 3.63) is 129 Å². The molecular formula is C38H46N2. The smallest absolute Gasteiger partial charge is 0.0343 e.